The Morgan fingerprint density at radius 2 is 2.22 bits per heavy atom. The number of alkyl halides is 3. The van der Waals surface area contributed by atoms with Crippen LogP contribution in [0.1, 0.15) is 24.6 Å². The molecule has 1 unspecified atom stereocenters. The third-order valence-electron chi connectivity index (χ3n) is 3.74. The zero-order chi connectivity index (χ0) is 16.6. The van der Waals surface area contributed by atoms with E-state index in [9.17, 15) is 18.0 Å². The maximum atomic E-state index is 13.1. The van der Waals surface area contributed by atoms with Crippen molar-refractivity contribution in [2.45, 2.75) is 38.5 Å². The minimum Gasteiger partial charge on any atom is -0.297 e. The van der Waals surface area contributed by atoms with Crippen molar-refractivity contribution < 1.29 is 18.0 Å². The highest BCUT2D eigenvalue weighted by Gasteiger charge is 2.46. The number of aromatic nitrogens is 5. The third-order valence-corrected chi connectivity index (χ3v) is 3.74. The number of anilines is 1. The van der Waals surface area contributed by atoms with Crippen LogP contribution in [0.25, 0.3) is 0 Å². The molecule has 0 spiro atoms. The van der Waals surface area contributed by atoms with Crippen molar-refractivity contribution in [2.24, 2.45) is 0 Å². The van der Waals surface area contributed by atoms with Crippen molar-refractivity contribution in [3.05, 3.63) is 24.2 Å². The first-order chi connectivity index (χ1) is 10.9. The first-order valence-electron chi connectivity index (χ1n) is 7.13. The number of halogens is 3. The van der Waals surface area contributed by atoms with Gasteiger partial charge in [0.2, 0.25) is 5.91 Å². The van der Waals surface area contributed by atoms with Crippen LogP contribution in [0.4, 0.5) is 19.0 Å². The summed E-state index contributed by atoms with van der Waals surface area (Å²) < 4.78 is 41.7. The summed E-state index contributed by atoms with van der Waals surface area (Å²) in [4.78, 5) is 13.7. The van der Waals surface area contributed by atoms with Gasteiger partial charge in [-0.3, -0.25) is 14.4 Å². The Morgan fingerprint density at radius 1 is 1.43 bits per heavy atom. The van der Waals surface area contributed by atoms with E-state index in [4.69, 9.17) is 0 Å². The smallest absolute Gasteiger partial charge is 0.297 e. The zero-order valence-electron chi connectivity index (χ0n) is 12.4. The van der Waals surface area contributed by atoms with Crippen LogP contribution < -0.4 is 4.90 Å². The van der Waals surface area contributed by atoms with Crippen LogP contribution in [0, 0.1) is 6.92 Å². The van der Waals surface area contributed by atoms with Gasteiger partial charge >= 0.3 is 6.18 Å². The molecule has 0 bridgehead atoms. The van der Waals surface area contributed by atoms with E-state index in [2.05, 4.69) is 15.4 Å². The SMILES string of the molecule is Cc1cc2n(n1)C(C(F)(F)F)CCN2C(=O)CCn1ccnn1. The van der Waals surface area contributed by atoms with E-state index in [1.807, 2.05) is 0 Å². The second-order valence-corrected chi connectivity index (χ2v) is 5.40. The van der Waals surface area contributed by atoms with Gasteiger partial charge < -0.3 is 0 Å². The molecule has 1 aliphatic heterocycles. The van der Waals surface area contributed by atoms with Crippen LogP contribution in [0.3, 0.4) is 0 Å². The van der Waals surface area contributed by atoms with E-state index in [0.717, 1.165) is 4.68 Å². The lowest BCUT2D eigenvalue weighted by molar-refractivity contribution is -0.173. The second kappa shape index (κ2) is 5.67. The summed E-state index contributed by atoms with van der Waals surface area (Å²) in [5.74, 6) is -0.0676. The monoisotopic (exact) mass is 328 g/mol. The molecular weight excluding hydrogens is 313 g/mol. The van der Waals surface area contributed by atoms with E-state index in [1.54, 1.807) is 13.1 Å². The summed E-state index contributed by atoms with van der Waals surface area (Å²) in [6.07, 6.45) is -1.34. The highest BCUT2D eigenvalue weighted by atomic mass is 19.4. The Hall–Kier alpha value is -2.39. The number of rotatable bonds is 3. The van der Waals surface area contributed by atoms with E-state index in [0.29, 0.717) is 12.2 Å². The van der Waals surface area contributed by atoms with Crippen molar-refractivity contribution in [2.75, 3.05) is 11.4 Å². The van der Waals surface area contributed by atoms with Crippen molar-refractivity contribution in [1.29, 1.82) is 0 Å². The topological polar surface area (TPSA) is 68.8 Å². The number of aryl methyl sites for hydroxylation is 2. The van der Waals surface area contributed by atoms with Crippen LogP contribution in [-0.4, -0.2) is 43.4 Å². The Bertz CT molecular complexity index is 693. The highest BCUT2D eigenvalue weighted by molar-refractivity contribution is 5.92. The molecule has 3 rings (SSSR count). The summed E-state index contributed by atoms with van der Waals surface area (Å²) in [6, 6.07) is -0.184. The van der Waals surface area contributed by atoms with Gasteiger partial charge in [-0.25, -0.2) is 4.68 Å². The standard InChI is InChI=1S/C13H15F3N6O/c1-9-8-11-21(12(23)3-5-20-7-4-17-19-20)6-2-10(13(14,15)16)22(11)18-9/h4,7-8,10H,2-3,5-6H2,1H3. The first-order valence-corrected chi connectivity index (χ1v) is 7.13. The predicted octanol–water partition coefficient (Wildman–Crippen LogP) is 1.71. The third kappa shape index (κ3) is 3.06. The molecule has 7 nitrogen and oxygen atoms in total. The van der Waals surface area contributed by atoms with Crippen LogP contribution in [0.15, 0.2) is 18.5 Å². The second-order valence-electron chi connectivity index (χ2n) is 5.40. The van der Waals surface area contributed by atoms with E-state index in [1.165, 1.54) is 21.8 Å². The molecule has 1 aliphatic rings. The molecule has 0 radical (unpaired) electrons. The van der Waals surface area contributed by atoms with Gasteiger partial charge in [-0.1, -0.05) is 5.21 Å². The highest BCUT2D eigenvalue weighted by Crippen LogP contribution is 2.39. The van der Waals surface area contributed by atoms with E-state index >= 15 is 0 Å². The molecule has 1 atom stereocenters. The quantitative estimate of drug-likeness (QED) is 0.860. The fraction of sp³-hybridized carbons (Fsp3) is 0.538. The minimum absolute atomic E-state index is 0.0193. The molecule has 0 aromatic carbocycles. The Labute approximate surface area is 129 Å². The molecule has 3 heterocycles. The van der Waals surface area contributed by atoms with Crippen molar-refractivity contribution in [3.8, 4) is 0 Å². The van der Waals surface area contributed by atoms with E-state index < -0.39 is 12.2 Å². The number of nitrogens with zero attached hydrogens (tertiary/aromatic N) is 6. The molecule has 23 heavy (non-hydrogen) atoms. The summed E-state index contributed by atoms with van der Waals surface area (Å²) >= 11 is 0. The lowest BCUT2D eigenvalue weighted by Gasteiger charge is -2.33. The molecule has 1 amide bonds. The molecule has 2 aromatic heterocycles. The number of hydrogen-bond donors (Lipinski definition) is 0. The molecule has 2 aromatic rings. The van der Waals surface area contributed by atoms with Gasteiger partial charge in [-0.15, -0.1) is 5.10 Å². The average molecular weight is 328 g/mol. The van der Waals surface area contributed by atoms with Crippen LogP contribution in [-0.2, 0) is 11.3 Å². The molecule has 0 N–H and O–H groups in total. The molecule has 0 fully saturated rings. The largest absolute Gasteiger partial charge is 0.410 e. The zero-order valence-corrected chi connectivity index (χ0v) is 12.4. The predicted molar refractivity (Wildman–Crippen MR) is 73.7 cm³/mol. The normalized spacial score (nSPS) is 18.1. The molecule has 124 valence electrons. The lowest BCUT2D eigenvalue weighted by Crippen LogP contribution is -2.43. The maximum Gasteiger partial charge on any atom is 0.410 e. The van der Waals surface area contributed by atoms with Gasteiger partial charge in [0, 0.05) is 25.2 Å². The fourth-order valence-electron chi connectivity index (χ4n) is 2.67. The number of fused-ring (bicyclic) bond motifs is 1. The lowest BCUT2D eigenvalue weighted by atomic mass is 10.1. The van der Waals surface area contributed by atoms with Gasteiger partial charge in [-0.2, -0.15) is 18.3 Å². The Morgan fingerprint density at radius 3 is 2.87 bits per heavy atom. The summed E-state index contributed by atoms with van der Waals surface area (Å²) in [5, 5.41) is 11.3. The molecule has 0 saturated heterocycles. The average Bonchev–Trinajstić information content (AvgIpc) is 3.10. The first kappa shape index (κ1) is 15.5. The number of hydrogen-bond acceptors (Lipinski definition) is 4. The van der Waals surface area contributed by atoms with Crippen molar-refractivity contribution in [1.82, 2.24) is 24.8 Å². The van der Waals surface area contributed by atoms with Gasteiger partial charge in [-0.05, 0) is 13.3 Å². The molecule has 10 heteroatoms. The number of carbonyl (C=O) groups is 1. The van der Waals surface area contributed by atoms with Gasteiger partial charge in [0.1, 0.15) is 5.82 Å². The van der Waals surface area contributed by atoms with Gasteiger partial charge in [0.05, 0.1) is 18.4 Å². The molecule has 0 aliphatic carbocycles. The minimum atomic E-state index is -4.39. The van der Waals surface area contributed by atoms with Crippen LogP contribution in [0.2, 0.25) is 0 Å². The van der Waals surface area contributed by atoms with Crippen molar-refractivity contribution in [3.63, 3.8) is 0 Å². The van der Waals surface area contributed by atoms with Crippen LogP contribution >= 0.6 is 0 Å². The van der Waals surface area contributed by atoms with Crippen molar-refractivity contribution >= 4 is 11.7 Å². The summed E-state index contributed by atoms with van der Waals surface area (Å²) in [7, 11) is 0. The summed E-state index contributed by atoms with van der Waals surface area (Å²) in [6.45, 7) is 1.95. The number of amides is 1. The van der Waals surface area contributed by atoms with Gasteiger partial charge in [0.15, 0.2) is 6.04 Å². The Kier molecular flexibility index (Phi) is 3.82. The maximum absolute atomic E-state index is 13.1. The summed E-state index contributed by atoms with van der Waals surface area (Å²) in [5.41, 5.74) is 0.449. The number of carbonyl (C=O) groups excluding carboxylic acids is 1. The van der Waals surface area contributed by atoms with E-state index in [-0.39, 0.29) is 31.1 Å². The fourth-order valence-corrected chi connectivity index (χ4v) is 2.67. The molecular formula is C13H15F3N6O. The van der Waals surface area contributed by atoms with Gasteiger partial charge in [0.25, 0.3) is 0 Å². The molecule has 0 saturated carbocycles. The Balaban J connectivity index is 1.79. The van der Waals surface area contributed by atoms with Crippen LogP contribution in [0.5, 0.6) is 0 Å².